The summed E-state index contributed by atoms with van der Waals surface area (Å²) in [7, 11) is 0. The molecule has 0 saturated carbocycles. The predicted molar refractivity (Wildman–Crippen MR) is 120 cm³/mol. The Balaban J connectivity index is 1.89. The SMILES string of the molecule is O=c1c2ccccc2sc2nc(-c3ccc(Cl)cc3)n3c4ccccc4nc3c12. The first-order valence-corrected chi connectivity index (χ1v) is 10.3. The number of para-hydroxylation sites is 2. The van der Waals surface area contributed by atoms with Gasteiger partial charge in [0.05, 0.1) is 11.0 Å². The van der Waals surface area contributed by atoms with Crippen LogP contribution in [0.2, 0.25) is 5.02 Å². The fourth-order valence-corrected chi connectivity index (χ4v) is 4.92. The standard InChI is InChI=1S/C23H12ClN3OS/c24-14-11-9-13(10-12-14)21-26-23-19(20(28)15-5-1-4-8-18(15)29-23)22-25-16-6-2-3-7-17(16)27(21)22/h1-12H. The highest BCUT2D eigenvalue weighted by atomic mass is 35.5. The van der Waals surface area contributed by atoms with E-state index in [1.165, 1.54) is 11.3 Å². The lowest BCUT2D eigenvalue weighted by Crippen LogP contribution is -2.06. The van der Waals surface area contributed by atoms with Gasteiger partial charge in [-0.25, -0.2) is 9.97 Å². The molecule has 0 fully saturated rings. The van der Waals surface area contributed by atoms with Crippen LogP contribution in [0.5, 0.6) is 0 Å². The molecule has 6 heteroatoms. The lowest BCUT2D eigenvalue weighted by Gasteiger charge is -2.09. The molecule has 3 aromatic carbocycles. The average Bonchev–Trinajstić information content (AvgIpc) is 3.13. The van der Waals surface area contributed by atoms with Gasteiger partial charge in [-0.2, -0.15) is 0 Å². The summed E-state index contributed by atoms with van der Waals surface area (Å²) >= 11 is 7.61. The number of hydrogen-bond donors (Lipinski definition) is 0. The second kappa shape index (κ2) is 6.11. The van der Waals surface area contributed by atoms with Crippen molar-refractivity contribution in [3.8, 4) is 11.4 Å². The van der Waals surface area contributed by atoms with Gasteiger partial charge in [-0.05, 0) is 48.5 Å². The van der Waals surface area contributed by atoms with Crippen molar-refractivity contribution in [2.75, 3.05) is 0 Å². The Bertz CT molecular complexity index is 1630. The zero-order valence-electron chi connectivity index (χ0n) is 15.0. The maximum absolute atomic E-state index is 13.4. The molecule has 3 aromatic heterocycles. The molecule has 0 radical (unpaired) electrons. The molecule has 4 nitrogen and oxygen atoms in total. The van der Waals surface area contributed by atoms with Crippen LogP contribution < -0.4 is 5.43 Å². The molecule has 0 aliphatic heterocycles. The van der Waals surface area contributed by atoms with Gasteiger partial charge in [-0.15, -0.1) is 11.3 Å². The van der Waals surface area contributed by atoms with Crippen LogP contribution in [0.3, 0.4) is 0 Å². The number of benzene rings is 3. The van der Waals surface area contributed by atoms with E-state index >= 15 is 0 Å². The summed E-state index contributed by atoms with van der Waals surface area (Å²) in [5.74, 6) is 0.740. The summed E-state index contributed by atoms with van der Waals surface area (Å²) in [5.41, 5.74) is 3.25. The highest BCUT2D eigenvalue weighted by Crippen LogP contribution is 2.32. The molecular formula is C23H12ClN3OS. The molecule has 0 amide bonds. The van der Waals surface area contributed by atoms with Crippen LogP contribution >= 0.6 is 22.9 Å². The van der Waals surface area contributed by atoms with E-state index < -0.39 is 0 Å². The van der Waals surface area contributed by atoms with E-state index in [1.54, 1.807) is 0 Å². The first kappa shape index (κ1) is 16.7. The number of imidazole rings is 1. The van der Waals surface area contributed by atoms with Gasteiger partial charge in [0.15, 0.2) is 5.65 Å². The molecule has 0 saturated heterocycles. The first-order chi connectivity index (χ1) is 14.2. The van der Waals surface area contributed by atoms with Crippen molar-refractivity contribution in [2.45, 2.75) is 0 Å². The third kappa shape index (κ3) is 2.41. The van der Waals surface area contributed by atoms with Crippen LogP contribution in [0.25, 0.3) is 48.4 Å². The van der Waals surface area contributed by atoms with E-state index in [9.17, 15) is 4.79 Å². The largest absolute Gasteiger partial charge is 0.288 e. The van der Waals surface area contributed by atoms with Crippen molar-refractivity contribution >= 4 is 59.9 Å². The molecule has 0 aliphatic carbocycles. The van der Waals surface area contributed by atoms with Crippen molar-refractivity contribution in [1.82, 2.24) is 14.4 Å². The number of nitrogens with zero attached hydrogens (tertiary/aromatic N) is 3. The minimum atomic E-state index is -0.0372. The van der Waals surface area contributed by atoms with Crippen LogP contribution in [0, 0.1) is 0 Å². The summed E-state index contributed by atoms with van der Waals surface area (Å²) in [6, 6.07) is 23.1. The quantitative estimate of drug-likeness (QED) is 0.314. The number of rotatable bonds is 1. The topological polar surface area (TPSA) is 47.3 Å². The Morgan fingerprint density at radius 3 is 2.48 bits per heavy atom. The fraction of sp³-hybridized carbons (Fsp3) is 0. The fourth-order valence-electron chi connectivity index (χ4n) is 3.75. The maximum atomic E-state index is 13.4. The van der Waals surface area contributed by atoms with Gasteiger partial charge in [-0.1, -0.05) is 35.9 Å². The minimum Gasteiger partial charge on any atom is -0.288 e. The first-order valence-electron chi connectivity index (χ1n) is 9.09. The van der Waals surface area contributed by atoms with Gasteiger partial charge >= 0.3 is 0 Å². The van der Waals surface area contributed by atoms with Gasteiger partial charge in [0, 0.05) is 20.7 Å². The smallest absolute Gasteiger partial charge is 0.201 e. The summed E-state index contributed by atoms with van der Waals surface area (Å²) in [6.07, 6.45) is 0. The maximum Gasteiger partial charge on any atom is 0.201 e. The number of hydrogen-bond acceptors (Lipinski definition) is 4. The van der Waals surface area contributed by atoms with Crippen molar-refractivity contribution in [3.63, 3.8) is 0 Å². The molecule has 6 rings (SSSR count). The highest BCUT2D eigenvalue weighted by Gasteiger charge is 2.19. The molecule has 3 heterocycles. The summed E-state index contributed by atoms with van der Waals surface area (Å²) in [5, 5.41) is 1.92. The molecule has 0 unspecified atom stereocenters. The van der Waals surface area contributed by atoms with E-state index in [1.807, 2.05) is 77.2 Å². The van der Waals surface area contributed by atoms with E-state index in [0.29, 0.717) is 26.3 Å². The highest BCUT2D eigenvalue weighted by molar-refractivity contribution is 7.24. The summed E-state index contributed by atoms with van der Waals surface area (Å²) in [6.45, 7) is 0. The van der Waals surface area contributed by atoms with Crippen molar-refractivity contribution in [3.05, 3.63) is 88.0 Å². The molecule has 0 aliphatic rings. The lowest BCUT2D eigenvalue weighted by molar-refractivity contribution is 1.17. The average molecular weight is 414 g/mol. The number of aromatic nitrogens is 3. The Morgan fingerprint density at radius 1 is 0.862 bits per heavy atom. The molecule has 6 aromatic rings. The third-order valence-corrected chi connectivity index (χ3v) is 6.40. The number of fused-ring (bicyclic) bond motifs is 6. The van der Waals surface area contributed by atoms with Crippen LogP contribution in [-0.4, -0.2) is 14.4 Å². The zero-order chi connectivity index (χ0) is 19.5. The van der Waals surface area contributed by atoms with E-state index in [0.717, 1.165) is 27.1 Å². The normalized spacial score (nSPS) is 11.8. The van der Waals surface area contributed by atoms with E-state index in [4.69, 9.17) is 21.6 Å². The molecule has 0 N–H and O–H groups in total. The van der Waals surface area contributed by atoms with Crippen LogP contribution in [0.1, 0.15) is 0 Å². The van der Waals surface area contributed by atoms with Gasteiger partial charge in [-0.3, -0.25) is 9.20 Å². The number of halogens is 1. The molecule has 0 spiro atoms. The summed E-state index contributed by atoms with van der Waals surface area (Å²) in [4.78, 5) is 23.8. The van der Waals surface area contributed by atoms with Gasteiger partial charge in [0.2, 0.25) is 5.43 Å². The molecule has 29 heavy (non-hydrogen) atoms. The van der Waals surface area contributed by atoms with Crippen LogP contribution in [-0.2, 0) is 0 Å². The summed E-state index contributed by atoms with van der Waals surface area (Å²) < 4.78 is 2.89. The lowest BCUT2D eigenvalue weighted by atomic mass is 10.2. The van der Waals surface area contributed by atoms with Gasteiger partial charge < -0.3 is 0 Å². The van der Waals surface area contributed by atoms with Crippen LogP contribution in [0.15, 0.2) is 77.6 Å². The third-order valence-electron chi connectivity index (χ3n) is 5.09. The molecule has 0 bridgehead atoms. The Hall–Kier alpha value is -3.28. The van der Waals surface area contributed by atoms with Crippen molar-refractivity contribution in [1.29, 1.82) is 0 Å². The van der Waals surface area contributed by atoms with E-state index in [-0.39, 0.29) is 5.43 Å². The Labute approximate surface area is 173 Å². The molecular weight excluding hydrogens is 402 g/mol. The predicted octanol–water partition coefficient (Wildman–Crippen LogP) is 5.93. The zero-order valence-corrected chi connectivity index (χ0v) is 16.5. The monoisotopic (exact) mass is 413 g/mol. The van der Waals surface area contributed by atoms with Gasteiger partial charge in [0.1, 0.15) is 16.0 Å². The van der Waals surface area contributed by atoms with Crippen molar-refractivity contribution in [2.24, 2.45) is 0 Å². The second-order valence-corrected chi connectivity index (χ2v) is 8.28. The Kier molecular flexibility index (Phi) is 3.51. The van der Waals surface area contributed by atoms with Crippen LogP contribution in [0.4, 0.5) is 0 Å². The Morgan fingerprint density at radius 2 is 1.62 bits per heavy atom. The van der Waals surface area contributed by atoms with E-state index in [2.05, 4.69) is 0 Å². The van der Waals surface area contributed by atoms with Crippen molar-refractivity contribution < 1.29 is 0 Å². The molecule has 138 valence electrons. The van der Waals surface area contributed by atoms with Gasteiger partial charge in [0.25, 0.3) is 0 Å². The second-order valence-electron chi connectivity index (χ2n) is 6.81. The molecule has 0 atom stereocenters. The minimum absolute atomic E-state index is 0.0372.